The van der Waals surface area contributed by atoms with Crippen LogP contribution in [0.5, 0.6) is 0 Å². The number of hydrogen-bond acceptors (Lipinski definition) is 3. The summed E-state index contributed by atoms with van der Waals surface area (Å²) < 4.78 is 5.81. The van der Waals surface area contributed by atoms with Crippen molar-refractivity contribution in [3.63, 3.8) is 0 Å². The Balaban J connectivity index is 0.000000213. The van der Waals surface area contributed by atoms with Crippen LogP contribution < -0.4 is 0 Å². The highest BCUT2D eigenvalue weighted by Crippen LogP contribution is 2.42. The van der Waals surface area contributed by atoms with Crippen molar-refractivity contribution >= 4 is 0 Å². The maximum absolute atomic E-state index is 7.62. The van der Waals surface area contributed by atoms with Crippen molar-refractivity contribution in [3.8, 4) is 0 Å². The Morgan fingerprint density at radius 3 is 2.14 bits per heavy atom. The second-order valence-corrected chi connectivity index (χ2v) is 4.46. The predicted octanol–water partition coefficient (Wildman–Crippen LogP) is 1.33. The molecule has 1 heterocycles. The maximum atomic E-state index is 7.62. The van der Waals surface area contributed by atoms with E-state index in [0.717, 1.165) is 12.5 Å². The van der Waals surface area contributed by atoms with E-state index < -0.39 is 0 Å². The lowest BCUT2D eigenvalue weighted by molar-refractivity contribution is 0.00962. The molecule has 2 N–H and O–H groups in total. The summed E-state index contributed by atoms with van der Waals surface area (Å²) in [5.74, 6) is 0.818. The molecule has 1 aliphatic heterocycles. The van der Waals surface area contributed by atoms with E-state index in [4.69, 9.17) is 14.9 Å². The first-order valence-corrected chi connectivity index (χ1v) is 5.58. The van der Waals surface area contributed by atoms with Crippen LogP contribution in [0.4, 0.5) is 0 Å². The summed E-state index contributed by atoms with van der Waals surface area (Å²) >= 11 is 0. The van der Waals surface area contributed by atoms with E-state index >= 15 is 0 Å². The maximum Gasteiger partial charge on any atom is 0.0686 e. The van der Waals surface area contributed by atoms with E-state index in [1.807, 2.05) is 0 Å². The van der Waals surface area contributed by atoms with Crippen molar-refractivity contribution in [2.24, 2.45) is 5.92 Å². The number of aliphatic hydroxyl groups is 2. The Hall–Kier alpha value is -0.120. The zero-order valence-electron chi connectivity index (χ0n) is 9.04. The van der Waals surface area contributed by atoms with Gasteiger partial charge in [0.2, 0.25) is 0 Å². The van der Waals surface area contributed by atoms with Crippen LogP contribution >= 0.6 is 0 Å². The van der Waals surface area contributed by atoms with E-state index in [1.54, 1.807) is 0 Å². The van der Waals surface area contributed by atoms with Crippen LogP contribution in [0, 0.1) is 5.92 Å². The molecule has 1 saturated carbocycles. The third-order valence-corrected chi connectivity index (χ3v) is 3.01. The summed E-state index contributed by atoms with van der Waals surface area (Å²) in [6, 6.07) is 0. The van der Waals surface area contributed by atoms with Crippen LogP contribution in [0.25, 0.3) is 0 Å². The van der Waals surface area contributed by atoms with Crippen molar-refractivity contribution in [1.29, 1.82) is 0 Å². The van der Waals surface area contributed by atoms with Crippen LogP contribution in [0.15, 0.2) is 0 Å². The van der Waals surface area contributed by atoms with Gasteiger partial charge in [-0.2, -0.15) is 0 Å². The van der Waals surface area contributed by atoms with Crippen LogP contribution in [0.2, 0.25) is 0 Å². The molecule has 2 rings (SSSR count). The molecule has 0 amide bonds. The molecule has 0 aromatic carbocycles. The van der Waals surface area contributed by atoms with Gasteiger partial charge < -0.3 is 14.9 Å². The summed E-state index contributed by atoms with van der Waals surface area (Å²) in [6.45, 7) is 3.06. The van der Waals surface area contributed by atoms with Gasteiger partial charge in [-0.15, -0.1) is 0 Å². The van der Waals surface area contributed by atoms with Crippen molar-refractivity contribution in [2.75, 3.05) is 19.8 Å². The molecule has 1 saturated heterocycles. The summed E-state index contributed by atoms with van der Waals surface area (Å²) in [5, 5.41) is 15.2. The van der Waals surface area contributed by atoms with Crippen molar-refractivity contribution in [1.82, 2.24) is 0 Å². The molecule has 1 unspecified atom stereocenters. The highest BCUT2D eigenvalue weighted by Gasteiger charge is 2.40. The average Bonchev–Trinajstić information content (AvgIpc) is 2.78. The molecule has 0 aromatic heterocycles. The molecule has 1 spiro atoms. The summed E-state index contributed by atoms with van der Waals surface area (Å²) in [4.78, 5) is 0. The van der Waals surface area contributed by atoms with Crippen molar-refractivity contribution in [3.05, 3.63) is 0 Å². The fraction of sp³-hybridized carbons (Fsp3) is 1.00. The zero-order valence-corrected chi connectivity index (χ0v) is 9.04. The van der Waals surface area contributed by atoms with Gasteiger partial charge in [0.1, 0.15) is 0 Å². The highest BCUT2D eigenvalue weighted by molar-refractivity contribution is 4.91. The van der Waals surface area contributed by atoms with Gasteiger partial charge in [0.25, 0.3) is 0 Å². The van der Waals surface area contributed by atoms with Gasteiger partial charge in [-0.3, -0.25) is 0 Å². The van der Waals surface area contributed by atoms with Crippen molar-refractivity contribution < 1.29 is 14.9 Å². The molecule has 1 atom stereocenters. The molecule has 14 heavy (non-hydrogen) atoms. The molecule has 3 heteroatoms. The largest absolute Gasteiger partial charge is 0.394 e. The first kappa shape index (κ1) is 12.0. The van der Waals surface area contributed by atoms with E-state index in [-0.39, 0.29) is 13.2 Å². The Labute approximate surface area is 86.1 Å². The Morgan fingerprint density at radius 1 is 1.21 bits per heavy atom. The molecule has 2 fully saturated rings. The summed E-state index contributed by atoms with van der Waals surface area (Å²) in [5.41, 5.74) is 0.361. The van der Waals surface area contributed by atoms with Gasteiger partial charge in [0, 0.05) is 6.61 Å². The SMILES string of the molecule is CC1COC2(CCCC2)C1.OCCO. The Kier molecular flexibility index (Phi) is 4.85. The number of aliphatic hydroxyl groups excluding tert-OH is 2. The van der Waals surface area contributed by atoms with Crippen LogP contribution in [-0.2, 0) is 4.74 Å². The van der Waals surface area contributed by atoms with Gasteiger partial charge >= 0.3 is 0 Å². The Morgan fingerprint density at radius 2 is 1.79 bits per heavy atom. The van der Waals surface area contributed by atoms with Crippen molar-refractivity contribution in [2.45, 2.75) is 44.6 Å². The van der Waals surface area contributed by atoms with Gasteiger partial charge in [-0.05, 0) is 25.2 Å². The minimum absolute atomic E-state index is 0.125. The molecule has 0 radical (unpaired) electrons. The molecule has 0 bridgehead atoms. The third kappa shape index (κ3) is 3.23. The predicted molar refractivity (Wildman–Crippen MR) is 55.1 cm³/mol. The summed E-state index contributed by atoms with van der Waals surface area (Å²) in [7, 11) is 0. The van der Waals surface area contributed by atoms with Gasteiger partial charge in [0.15, 0.2) is 0 Å². The molecule has 1 aliphatic carbocycles. The van der Waals surface area contributed by atoms with Gasteiger partial charge in [-0.25, -0.2) is 0 Å². The fourth-order valence-corrected chi connectivity index (χ4v) is 2.44. The number of ether oxygens (including phenoxy) is 1. The van der Waals surface area contributed by atoms with Gasteiger partial charge in [0.05, 0.1) is 18.8 Å². The second kappa shape index (κ2) is 5.69. The van der Waals surface area contributed by atoms with Crippen LogP contribution in [0.3, 0.4) is 0 Å². The number of hydrogen-bond donors (Lipinski definition) is 2. The topological polar surface area (TPSA) is 49.7 Å². The third-order valence-electron chi connectivity index (χ3n) is 3.01. The molecule has 2 aliphatic rings. The monoisotopic (exact) mass is 202 g/mol. The fourth-order valence-electron chi connectivity index (χ4n) is 2.44. The first-order valence-electron chi connectivity index (χ1n) is 5.58. The van der Waals surface area contributed by atoms with Gasteiger partial charge in [-0.1, -0.05) is 19.8 Å². The second-order valence-electron chi connectivity index (χ2n) is 4.46. The minimum Gasteiger partial charge on any atom is -0.394 e. The quantitative estimate of drug-likeness (QED) is 0.674. The number of rotatable bonds is 1. The standard InChI is InChI=1S/C9H16O.C2H6O2/c1-8-6-9(10-7-8)4-2-3-5-9;3-1-2-4/h8H,2-7H2,1H3;3-4H,1-2H2. The lowest BCUT2D eigenvalue weighted by atomic mass is 9.94. The lowest BCUT2D eigenvalue weighted by Gasteiger charge is -2.21. The van der Waals surface area contributed by atoms with E-state index in [1.165, 1.54) is 32.1 Å². The average molecular weight is 202 g/mol. The van der Waals surface area contributed by atoms with E-state index in [2.05, 4.69) is 6.92 Å². The smallest absolute Gasteiger partial charge is 0.0686 e. The lowest BCUT2D eigenvalue weighted by Crippen LogP contribution is -2.22. The normalized spacial score (nSPS) is 28.9. The van der Waals surface area contributed by atoms with Crippen LogP contribution in [-0.4, -0.2) is 35.6 Å². The molecule has 84 valence electrons. The molecular weight excluding hydrogens is 180 g/mol. The minimum atomic E-state index is -0.125. The molecule has 0 aromatic rings. The summed E-state index contributed by atoms with van der Waals surface area (Å²) in [6.07, 6.45) is 6.78. The zero-order chi connectivity index (χ0) is 10.4. The Bertz CT molecular complexity index is 151. The molecule has 3 nitrogen and oxygen atoms in total. The molecular formula is C11H22O3. The van der Waals surface area contributed by atoms with E-state index in [0.29, 0.717) is 5.60 Å². The first-order chi connectivity index (χ1) is 6.72. The highest BCUT2D eigenvalue weighted by atomic mass is 16.5. The van der Waals surface area contributed by atoms with Crippen LogP contribution in [0.1, 0.15) is 39.0 Å². The van der Waals surface area contributed by atoms with E-state index in [9.17, 15) is 0 Å².